The molecule has 0 N–H and O–H groups in total. The van der Waals surface area contributed by atoms with Crippen molar-refractivity contribution in [1.29, 1.82) is 0 Å². The summed E-state index contributed by atoms with van der Waals surface area (Å²) in [4.78, 5) is 31.8. The second-order valence-electron chi connectivity index (χ2n) is 6.81. The molecule has 0 spiro atoms. The molecule has 138 valence electrons. The van der Waals surface area contributed by atoms with Gasteiger partial charge in [0.1, 0.15) is 0 Å². The third-order valence-electron chi connectivity index (χ3n) is 5.11. The molecular weight excluding hydrogens is 406 g/mol. The van der Waals surface area contributed by atoms with E-state index in [4.69, 9.17) is 0 Å². The molecular formula is C21H20BrN3O2. The number of aryl methyl sites for hydroxylation is 1. The van der Waals surface area contributed by atoms with Crippen LogP contribution in [0.3, 0.4) is 0 Å². The molecule has 3 aromatic rings. The van der Waals surface area contributed by atoms with Crippen molar-refractivity contribution in [3.05, 3.63) is 75.2 Å². The number of hydrogen-bond acceptors (Lipinski definition) is 3. The third-order valence-corrected chi connectivity index (χ3v) is 5.60. The summed E-state index contributed by atoms with van der Waals surface area (Å²) in [5.41, 5.74) is 1.72. The minimum atomic E-state index is -0.116. The second kappa shape index (κ2) is 7.64. The third kappa shape index (κ3) is 3.67. The van der Waals surface area contributed by atoms with E-state index in [2.05, 4.69) is 33.0 Å². The highest BCUT2D eigenvalue weighted by Gasteiger charge is 2.29. The Labute approximate surface area is 165 Å². The van der Waals surface area contributed by atoms with Crippen molar-refractivity contribution in [3.8, 4) is 0 Å². The van der Waals surface area contributed by atoms with Crippen LogP contribution in [0.5, 0.6) is 0 Å². The molecule has 0 aliphatic carbocycles. The summed E-state index contributed by atoms with van der Waals surface area (Å²) < 4.78 is 2.37. The van der Waals surface area contributed by atoms with Crippen molar-refractivity contribution in [2.24, 2.45) is 0 Å². The molecule has 2 heterocycles. The summed E-state index contributed by atoms with van der Waals surface area (Å²) in [6, 6.07) is 15.7. The number of aromatic nitrogens is 2. The normalized spacial score (nSPS) is 16.8. The minimum Gasteiger partial charge on any atom is -0.336 e. The smallest absolute Gasteiger partial charge is 0.261 e. The van der Waals surface area contributed by atoms with Crippen LogP contribution in [0.4, 0.5) is 0 Å². The highest BCUT2D eigenvalue weighted by atomic mass is 79.9. The Morgan fingerprint density at radius 3 is 2.81 bits per heavy atom. The molecule has 1 aromatic heterocycles. The average Bonchev–Trinajstić information content (AvgIpc) is 3.18. The van der Waals surface area contributed by atoms with Gasteiger partial charge in [-0.05, 0) is 36.6 Å². The van der Waals surface area contributed by atoms with E-state index in [9.17, 15) is 9.59 Å². The first kappa shape index (κ1) is 17.9. The number of carbonyl (C=O) groups is 1. The molecule has 1 amide bonds. The van der Waals surface area contributed by atoms with Gasteiger partial charge in [0.25, 0.3) is 5.56 Å². The highest BCUT2D eigenvalue weighted by molar-refractivity contribution is 9.10. The molecule has 1 saturated heterocycles. The summed E-state index contributed by atoms with van der Waals surface area (Å²) in [5, 5.41) is 0.558. The predicted molar refractivity (Wildman–Crippen MR) is 108 cm³/mol. The number of nitrogens with zero attached hydrogens (tertiary/aromatic N) is 3. The molecule has 2 aromatic carbocycles. The number of rotatable bonds is 4. The number of carbonyl (C=O) groups excluding carboxylic acids is 1. The summed E-state index contributed by atoms with van der Waals surface area (Å²) in [6.45, 7) is 1.11. The van der Waals surface area contributed by atoms with Crippen molar-refractivity contribution >= 4 is 32.7 Å². The maximum atomic E-state index is 12.8. The Morgan fingerprint density at radius 2 is 2.00 bits per heavy atom. The van der Waals surface area contributed by atoms with E-state index in [1.807, 2.05) is 35.2 Å². The zero-order valence-corrected chi connectivity index (χ0v) is 16.4. The quantitative estimate of drug-likeness (QED) is 0.636. The first-order valence-corrected chi connectivity index (χ1v) is 9.92. The van der Waals surface area contributed by atoms with E-state index in [-0.39, 0.29) is 17.5 Å². The molecule has 27 heavy (non-hydrogen) atoms. The molecule has 0 bridgehead atoms. The molecule has 0 saturated carbocycles. The van der Waals surface area contributed by atoms with E-state index in [0.29, 0.717) is 23.9 Å². The molecule has 1 aliphatic heterocycles. The van der Waals surface area contributed by atoms with Gasteiger partial charge in [-0.1, -0.05) is 46.3 Å². The van der Waals surface area contributed by atoms with Crippen LogP contribution in [0, 0.1) is 0 Å². The van der Waals surface area contributed by atoms with Gasteiger partial charge in [-0.3, -0.25) is 14.2 Å². The van der Waals surface area contributed by atoms with Crippen LogP contribution in [-0.4, -0.2) is 26.9 Å². The molecule has 1 fully saturated rings. The van der Waals surface area contributed by atoms with Crippen LogP contribution in [0.1, 0.15) is 30.9 Å². The fraction of sp³-hybridized carbons (Fsp3) is 0.286. The van der Waals surface area contributed by atoms with Crippen molar-refractivity contribution in [1.82, 2.24) is 14.5 Å². The zero-order chi connectivity index (χ0) is 18.8. The number of halogens is 1. The number of fused-ring (bicyclic) bond motifs is 1. The molecule has 1 aliphatic rings. The number of benzene rings is 2. The van der Waals surface area contributed by atoms with Crippen LogP contribution >= 0.6 is 15.9 Å². The van der Waals surface area contributed by atoms with Gasteiger partial charge in [0.15, 0.2) is 0 Å². The molecule has 1 atom stereocenters. The van der Waals surface area contributed by atoms with Crippen molar-refractivity contribution in [2.45, 2.75) is 31.8 Å². The average molecular weight is 426 g/mol. The van der Waals surface area contributed by atoms with Gasteiger partial charge in [-0.25, -0.2) is 4.98 Å². The molecule has 0 unspecified atom stereocenters. The molecule has 0 radical (unpaired) electrons. The lowest BCUT2D eigenvalue weighted by molar-refractivity contribution is -0.132. The summed E-state index contributed by atoms with van der Waals surface area (Å²) in [6.07, 6.45) is 3.83. The SMILES string of the molecule is O=C(CCn1cnc2ccc(Br)cc2c1=O)N1CCC[C@@H]1c1ccccc1. The van der Waals surface area contributed by atoms with Gasteiger partial charge in [0.2, 0.25) is 5.91 Å². The van der Waals surface area contributed by atoms with Crippen LogP contribution < -0.4 is 5.56 Å². The fourth-order valence-electron chi connectivity index (χ4n) is 3.74. The predicted octanol–water partition coefficient (Wildman–Crippen LogP) is 3.91. The van der Waals surface area contributed by atoms with Crippen LogP contribution in [0.2, 0.25) is 0 Å². The lowest BCUT2D eigenvalue weighted by atomic mass is 10.0. The summed E-state index contributed by atoms with van der Waals surface area (Å²) in [5.74, 6) is 0.0857. The van der Waals surface area contributed by atoms with Crippen molar-refractivity contribution in [3.63, 3.8) is 0 Å². The lowest BCUT2D eigenvalue weighted by Crippen LogP contribution is -2.32. The zero-order valence-electron chi connectivity index (χ0n) is 14.8. The molecule has 4 rings (SSSR count). The first-order valence-electron chi connectivity index (χ1n) is 9.12. The topological polar surface area (TPSA) is 55.2 Å². The van der Waals surface area contributed by atoms with Gasteiger partial charge < -0.3 is 4.90 Å². The van der Waals surface area contributed by atoms with Crippen LogP contribution in [-0.2, 0) is 11.3 Å². The number of hydrogen-bond donors (Lipinski definition) is 0. The first-order chi connectivity index (χ1) is 13.1. The van der Waals surface area contributed by atoms with Crippen molar-refractivity contribution in [2.75, 3.05) is 6.54 Å². The Bertz CT molecular complexity index is 1030. The summed E-state index contributed by atoms with van der Waals surface area (Å²) >= 11 is 3.39. The van der Waals surface area contributed by atoms with Crippen LogP contribution in [0.15, 0.2) is 64.1 Å². The Balaban J connectivity index is 1.50. The molecule has 6 heteroatoms. The number of likely N-dealkylation sites (tertiary alicyclic amines) is 1. The minimum absolute atomic E-state index is 0.0857. The van der Waals surface area contributed by atoms with Gasteiger partial charge in [-0.2, -0.15) is 0 Å². The van der Waals surface area contributed by atoms with Crippen LogP contribution in [0.25, 0.3) is 10.9 Å². The molecule has 5 nitrogen and oxygen atoms in total. The Morgan fingerprint density at radius 1 is 1.19 bits per heavy atom. The van der Waals surface area contributed by atoms with Gasteiger partial charge in [-0.15, -0.1) is 0 Å². The lowest BCUT2D eigenvalue weighted by Gasteiger charge is -2.25. The maximum Gasteiger partial charge on any atom is 0.261 e. The summed E-state index contributed by atoms with van der Waals surface area (Å²) in [7, 11) is 0. The van der Waals surface area contributed by atoms with E-state index in [0.717, 1.165) is 23.9 Å². The standard InChI is InChI=1S/C21H20BrN3O2/c22-16-8-9-18-17(13-16)21(27)24(14-23-18)12-10-20(26)25-11-4-7-19(25)15-5-2-1-3-6-15/h1-3,5-6,8-9,13-14,19H,4,7,10-12H2/t19-/m1/s1. The van der Waals surface area contributed by atoms with E-state index in [1.54, 1.807) is 6.07 Å². The second-order valence-corrected chi connectivity index (χ2v) is 7.73. The van der Waals surface area contributed by atoms with E-state index in [1.165, 1.54) is 16.5 Å². The number of amides is 1. The van der Waals surface area contributed by atoms with Gasteiger partial charge in [0, 0.05) is 24.0 Å². The van der Waals surface area contributed by atoms with E-state index < -0.39 is 0 Å². The van der Waals surface area contributed by atoms with Gasteiger partial charge >= 0.3 is 0 Å². The monoisotopic (exact) mass is 425 g/mol. The maximum absolute atomic E-state index is 12.8. The van der Waals surface area contributed by atoms with Gasteiger partial charge in [0.05, 0.1) is 23.3 Å². The highest BCUT2D eigenvalue weighted by Crippen LogP contribution is 2.32. The Hall–Kier alpha value is -2.47. The largest absolute Gasteiger partial charge is 0.336 e. The fourth-order valence-corrected chi connectivity index (χ4v) is 4.10. The van der Waals surface area contributed by atoms with Crippen molar-refractivity contribution < 1.29 is 4.79 Å². The van der Waals surface area contributed by atoms with E-state index >= 15 is 0 Å². The Kier molecular flexibility index (Phi) is 5.07.